The van der Waals surface area contributed by atoms with Crippen molar-refractivity contribution in [3.63, 3.8) is 0 Å². The summed E-state index contributed by atoms with van der Waals surface area (Å²) in [6, 6.07) is 14.8. The van der Waals surface area contributed by atoms with Gasteiger partial charge in [0.25, 0.3) is 0 Å². The highest BCUT2D eigenvalue weighted by atomic mass is 19.1. The molecule has 2 aromatic heterocycles. The highest BCUT2D eigenvalue weighted by molar-refractivity contribution is 5.94. The zero-order valence-corrected chi connectivity index (χ0v) is 19.4. The van der Waals surface area contributed by atoms with Crippen LogP contribution in [0.5, 0.6) is 0 Å². The van der Waals surface area contributed by atoms with Crippen LogP contribution < -0.4 is 0 Å². The molecule has 2 aliphatic carbocycles. The number of rotatable bonds is 2. The van der Waals surface area contributed by atoms with E-state index >= 15 is 4.39 Å². The predicted molar refractivity (Wildman–Crippen MR) is 131 cm³/mol. The molecule has 4 aromatic rings. The number of aromatic nitrogens is 3. The van der Waals surface area contributed by atoms with E-state index in [1.165, 1.54) is 6.07 Å². The van der Waals surface area contributed by atoms with E-state index in [0.29, 0.717) is 29.3 Å². The number of Topliss-reactive ketones (excluding diaryl/α,β-unsaturated/α-hetero) is 1. The van der Waals surface area contributed by atoms with E-state index in [9.17, 15) is 4.79 Å². The number of carbonyl (C=O) groups is 1. The maximum atomic E-state index is 15.1. The molecule has 0 N–H and O–H groups in total. The third kappa shape index (κ3) is 3.10. The number of ketones is 1. The first-order chi connectivity index (χ1) is 16.5. The molecule has 0 unspecified atom stereocenters. The Kier molecular flexibility index (Phi) is 4.83. The quantitative estimate of drug-likeness (QED) is 0.358. The number of carbonyl (C=O) groups excluding carboxylic acids is 1. The first kappa shape index (κ1) is 21.1. The number of pyridine rings is 1. The zero-order chi connectivity index (χ0) is 23.4. The molecule has 3 atom stereocenters. The number of halogens is 1. The van der Waals surface area contributed by atoms with Crippen LogP contribution in [0, 0.1) is 17.7 Å². The minimum Gasteiger partial charge on any atom is -0.299 e. The molecular weight excluding hydrogens is 425 g/mol. The molecule has 4 nitrogen and oxygen atoms in total. The SMILES string of the molecule is C[C@H]1C(=O)CC[C@@]2(C)c3nc(-c4cccc5cnccc45)nc(-c4ccccc4F)c3CC[C@H]12. The zero-order valence-electron chi connectivity index (χ0n) is 19.4. The number of nitrogens with zero attached hydrogens (tertiary/aromatic N) is 3. The lowest BCUT2D eigenvalue weighted by atomic mass is 9.56. The fourth-order valence-electron chi connectivity index (χ4n) is 6.24. The largest absolute Gasteiger partial charge is 0.299 e. The summed E-state index contributed by atoms with van der Waals surface area (Å²) < 4.78 is 15.1. The monoisotopic (exact) mass is 451 g/mol. The second-order valence-corrected chi connectivity index (χ2v) is 9.92. The van der Waals surface area contributed by atoms with E-state index < -0.39 is 0 Å². The molecule has 1 fully saturated rings. The molecule has 0 amide bonds. The molecule has 0 bridgehead atoms. The van der Waals surface area contributed by atoms with Crippen LogP contribution in [0.4, 0.5) is 4.39 Å². The van der Waals surface area contributed by atoms with Crippen molar-refractivity contribution in [3.8, 4) is 22.6 Å². The third-order valence-electron chi connectivity index (χ3n) is 8.12. The standard InChI is InChI=1S/C29H26FN3O/c1-17-23-11-10-22-26(21-7-3-4-9-24(21)30)32-28(33-27(22)29(23,2)14-12-25(17)34)20-8-5-6-18-16-31-15-13-19(18)20/h3-9,13,15-17,23H,10-12,14H2,1-2H3/t17-,23-,29-/m1/s1. The van der Waals surface area contributed by atoms with Crippen molar-refractivity contribution < 1.29 is 9.18 Å². The van der Waals surface area contributed by atoms with Gasteiger partial charge in [-0.25, -0.2) is 14.4 Å². The molecule has 0 aliphatic heterocycles. The minimum atomic E-state index is -0.282. The molecule has 5 heteroatoms. The summed E-state index contributed by atoms with van der Waals surface area (Å²) in [4.78, 5) is 27.0. The molecule has 0 spiro atoms. The smallest absolute Gasteiger partial charge is 0.160 e. The Morgan fingerprint density at radius 3 is 2.68 bits per heavy atom. The molecule has 6 rings (SSSR count). The number of benzene rings is 2. The van der Waals surface area contributed by atoms with Gasteiger partial charge in [-0.1, -0.05) is 44.2 Å². The van der Waals surface area contributed by atoms with Crippen LogP contribution in [0.25, 0.3) is 33.4 Å². The molecule has 2 heterocycles. The van der Waals surface area contributed by atoms with Crippen molar-refractivity contribution >= 4 is 16.6 Å². The Morgan fingerprint density at radius 1 is 1.00 bits per heavy atom. The highest BCUT2D eigenvalue weighted by Crippen LogP contribution is 2.52. The molecule has 1 saturated carbocycles. The van der Waals surface area contributed by atoms with E-state index in [1.54, 1.807) is 18.3 Å². The van der Waals surface area contributed by atoms with Crippen molar-refractivity contribution in [2.75, 3.05) is 0 Å². The van der Waals surface area contributed by atoms with Gasteiger partial charge in [-0.05, 0) is 48.8 Å². The van der Waals surface area contributed by atoms with Gasteiger partial charge < -0.3 is 0 Å². The van der Waals surface area contributed by atoms with E-state index in [-0.39, 0.29) is 23.1 Å². The van der Waals surface area contributed by atoms with Crippen LogP contribution in [0.15, 0.2) is 60.9 Å². The van der Waals surface area contributed by atoms with Gasteiger partial charge in [0.15, 0.2) is 5.82 Å². The molecule has 34 heavy (non-hydrogen) atoms. The van der Waals surface area contributed by atoms with Gasteiger partial charge in [0.1, 0.15) is 11.6 Å². The van der Waals surface area contributed by atoms with Gasteiger partial charge >= 0.3 is 0 Å². The maximum absolute atomic E-state index is 15.1. The molecular formula is C29H26FN3O. The second-order valence-electron chi connectivity index (χ2n) is 9.92. The van der Waals surface area contributed by atoms with Gasteiger partial charge in [0.2, 0.25) is 0 Å². The van der Waals surface area contributed by atoms with Crippen LogP contribution in [-0.2, 0) is 16.6 Å². The van der Waals surface area contributed by atoms with Crippen molar-refractivity contribution in [2.45, 2.75) is 44.9 Å². The number of hydrogen-bond donors (Lipinski definition) is 0. The Hall–Kier alpha value is -3.47. The van der Waals surface area contributed by atoms with Crippen LogP contribution in [-0.4, -0.2) is 20.7 Å². The highest BCUT2D eigenvalue weighted by Gasteiger charge is 2.49. The van der Waals surface area contributed by atoms with Crippen molar-refractivity contribution in [3.05, 3.63) is 78.0 Å². The van der Waals surface area contributed by atoms with Gasteiger partial charge in [-0.3, -0.25) is 9.78 Å². The average molecular weight is 452 g/mol. The molecule has 170 valence electrons. The molecule has 2 aromatic carbocycles. The van der Waals surface area contributed by atoms with Crippen LogP contribution in [0.1, 0.15) is 44.4 Å². The first-order valence-electron chi connectivity index (χ1n) is 12.0. The summed E-state index contributed by atoms with van der Waals surface area (Å²) in [5.41, 5.74) is 3.85. The van der Waals surface area contributed by atoms with Crippen LogP contribution in [0.3, 0.4) is 0 Å². The van der Waals surface area contributed by atoms with Crippen molar-refractivity contribution in [1.29, 1.82) is 0 Å². The fourth-order valence-corrected chi connectivity index (χ4v) is 6.24. The van der Waals surface area contributed by atoms with Gasteiger partial charge in [0, 0.05) is 52.2 Å². The lowest BCUT2D eigenvalue weighted by Crippen LogP contribution is -2.47. The van der Waals surface area contributed by atoms with Crippen molar-refractivity contribution in [1.82, 2.24) is 15.0 Å². The topological polar surface area (TPSA) is 55.7 Å². The number of hydrogen-bond acceptors (Lipinski definition) is 4. The third-order valence-corrected chi connectivity index (χ3v) is 8.12. The molecule has 0 saturated heterocycles. The summed E-state index contributed by atoms with van der Waals surface area (Å²) in [6.07, 6.45) is 6.56. The summed E-state index contributed by atoms with van der Waals surface area (Å²) in [5, 5.41) is 2.02. The lowest BCUT2D eigenvalue weighted by Gasteiger charge is -2.48. The average Bonchev–Trinajstić information content (AvgIpc) is 2.86. The van der Waals surface area contributed by atoms with E-state index in [0.717, 1.165) is 46.9 Å². The van der Waals surface area contributed by atoms with Crippen molar-refractivity contribution in [2.24, 2.45) is 11.8 Å². The first-order valence-corrected chi connectivity index (χ1v) is 12.0. The molecule has 0 radical (unpaired) electrons. The summed E-state index contributed by atoms with van der Waals surface area (Å²) in [7, 11) is 0. The Bertz CT molecular complexity index is 1440. The number of fused-ring (bicyclic) bond motifs is 4. The van der Waals surface area contributed by atoms with Crippen LogP contribution >= 0.6 is 0 Å². The Morgan fingerprint density at radius 2 is 1.82 bits per heavy atom. The van der Waals surface area contributed by atoms with Gasteiger partial charge in [-0.15, -0.1) is 0 Å². The van der Waals surface area contributed by atoms with Crippen LogP contribution in [0.2, 0.25) is 0 Å². The van der Waals surface area contributed by atoms with E-state index in [2.05, 4.69) is 18.8 Å². The lowest BCUT2D eigenvalue weighted by molar-refractivity contribution is -0.128. The fraction of sp³-hybridized carbons (Fsp3) is 0.310. The van der Waals surface area contributed by atoms with E-state index in [1.807, 2.05) is 36.5 Å². The summed E-state index contributed by atoms with van der Waals surface area (Å²) in [5.74, 6) is 0.896. The van der Waals surface area contributed by atoms with Gasteiger partial charge in [0.05, 0.1) is 11.4 Å². The van der Waals surface area contributed by atoms with Gasteiger partial charge in [-0.2, -0.15) is 0 Å². The van der Waals surface area contributed by atoms with E-state index in [4.69, 9.17) is 9.97 Å². The Balaban J connectivity index is 1.65. The normalized spacial score (nSPS) is 24.0. The maximum Gasteiger partial charge on any atom is 0.160 e. The second kappa shape index (κ2) is 7.79. The minimum absolute atomic E-state index is 0.00542. The summed E-state index contributed by atoms with van der Waals surface area (Å²) in [6.45, 7) is 4.31. The molecule has 2 aliphatic rings. The Labute approximate surface area is 198 Å². The predicted octanol–water partition coefficient (Wildman–Crippen LogP) is 6.32. The summed E-state index contributed by atoms with van der Waals surface area (Å²) >= 11 is 0.